The summed E-state index contributed by atoms with van der Waals surface area (Å²) in [5.74, 6) is -0.157. The molecule has 1 saturated heterocycles. The van der Waals surface area contributed by atoms with Crippen molar-refractivity contribution in [3.05, 3.63) is 93.5 Å². The van der Waals surface area contributed by atoms with Gasteiger partial charge in [-0.1, -0.05) is 41.4 Å². The average Bonchev–Trinajstić information content (AvgIpc) is 2.82. The number of anilines is 1. The molecule has 0 aliphatic carbocycles. The minimum absolute atomic E-state index is 0.00353. The number of amides is 2. The summed E-state index contributed by atoms with van der Waals surface area (Å²) in [4.78, 5) is 27.0. The van der Waals surface area contributed by atoms with Gasteiger partial charge in [-0.2, -0.15) is 0 Å². The van der Waals surface area contributed by atoms with Gasteiger partial charge in [0.1, 0.15) is 12.2 Å². The van der Waals surface area contributed by atoms with Crippen molar-refractivity contribution in [2.45, 2.75) is 6.61 Å². The van der Waals surface area contributed by atoms with E-state index in [9.17, 15) is 9.59 Å². The maximum absolute atomic E-state index is 13.2. The van der Waals surface area contributed by atoms with Gasteiger partial charge in [0.2, 0.25) is 0 Å². The van der Waals surface area contributed by atoms with E-state index in [1.54, 1.807) is 54.6 Å². The van der Waals surface area contributed by atoms with Crippen LogP contribution in [0.2, 0.25) is 10.0 Å². The highest BCUT2D eigenvalue weighted by molar-refractivity contribution is 7.80. The molecular weight excluding hydrogens is 495 g/mol. The highest BCUT2D eigenvalue weighted by atomic mass is 35.5. The van der Waals surface area contributed by atoms with E-state index >= 15 is 0 Å². The number of hydrogen-bond acceptors (Lipinski definition) is 5. The minimum Gasteiger partial charge on any atom is -0.493 e. The molecule has 4 rings (SSSR count). The molecule has 3 aromatic rings. The van der Waals surface area contributed by atoms with E-state index in [1.807, 2.05) is 12.1 Å². The van der Waals surface area contributed by atoms with Crippen molar-refractivity contribution < 1.29 is 19.1 Å². The van der Waals surface area contributed by atoms with Gasteiger partial charge in [-0.3, -0.25) is 19.8 Å². The number of benzene rings is 3. The molecule has 0 radical (unpaired) electrons. The number of carbonyl (C=O) groups excluding carboxylic acids is 2. The van der Waals surface area contributed by atoms with Crippen LogP contribution in [0.5, 0.6) is 11.5 Å². The fraction of sp³-hybridized carbons (Fsp3) is 0.0800. The Kier molecular flexibility index (Phi) is 7.17. The summed E-state index contributed by atoms with van der Waals surface area (Å²) in [5.41, 5.74) is 1.92. The molecule has 34 heavy (non-hydrogen) atoms. The Balaban J connectivity index is 1.62. The Bertz CT molecular complexity index is 1290. The number of ether oxygens (including phenoxy) is 2. The van der Waals surface area contributed by atoms with Gasteiger partial charge in [0.15, 0.2) is 16.6 Å². The second-order valence-corrected chi connectivity index (χ2v) is 8.52. The van der Waals surface area contributed by atoms with E-state index in [0.29, 0.717) is 32.8 Å². The smallest absolute Gasteiger partial charge is 0.270 e. The summed E-state index contributed by atoms with van der Waals surface area (Å²) in [6.07, 6.45) is 1.48. The SMILES string of the molecule is COc1ccc(/C=C2/C(=O)NC(=S)N(c3ccc(Cl)cc3)C2=O)cc1OCc1ccc(Cl)cc1. The van der Waals surface area contributed by atoms with Gasteiger partial charge in [-0.25, -0.2) is 0 Å². The van der Waals surface area contributed by atoms with E-state index in [-0.39, 0.29) is 17.3 Å². The van der Waals surface area contributed by atoms with Crippen LogP contribution in [0.1, 0.15) is 11.1 Å². The highest BCUT2D eigenvalue weighted by Gasteiger charge is 2.34. The third-order valence-corrected chi connectivity index (χ3v) is 5.78. The fourth-order valence-electron chi connectivity index (χ4n) is 3.29. The first-order valence-corrected chi connectivity index (χ1v) is 11.2. The first-order chi connectivity index (χ1) is 16.4. The lowest BCUT2D eigenvalue weighted by Crippen LogP contribution is -2.54. The zero-order valence-electron chi connectivity index (χ0n) is 17.9. The number of nitrogens with zero attached hydrogens (tertiary/aromatic N) is 1. The van der Waals surface area contributed by atoms with Crippen LogP contribution in [-0.2, 0) is 16.2 Å². The number of hydrogen-bond donors (Lipinski definition) is 1. The fourth-order valence-corrected chi connectivity index (χ4v) is 3.82. The normalized spacial score (nSPS) is 14.9. The van der Waals surface area contributed by atoms with Crippen molar-refractivity contribution in [3.63, 3.8) is 0 Å². The molecule has 1 N–H and O–H groups in total. The summed E-state index contributed by atoms with van der Waals surface area (Å²) in [6, 6.07) is 19.0. The first-order valence-electron chi connectivity index (χ1n) is 10.1. The lowest BCUT2D eigenvalue weighted by Gasteiger charge is -2.29. The van der Waals surface area contributed by atoms with Crippen molar-refractivity contribution in [1.82, 2.24) is 5.32 Å². The Morgan fingerprint density at radius 3 is 2.24 bits per heavy atom. The molecule has 0 unspecified atom stereocenters. The molecule has 1 aliphatic rings. The molecule has 0 saturated carbocycles. The van der Waals surface area contributed by atoms with Gasteiger partial charge in [0, 0.05) is 10.0 Å². The van der Waals surface area contributed by atoms with E-state index < -0.39 is 11.8 Å². The minimum atomic E-state index is -0.584. The number of rotatable bonds is 6. The van der Waals surface area contributed by atoms with Crippen LogP contribution in [-0.4, -0.2) is 24.0 Å². The maximum Gasteiger partial charge on any atom is 0.270 e. The van der Waals surface area contributed by atoms with Crippen molar-refractivity contribution in [3.8, 4) is 11.5 Å². The quantitative estimate of drug-likeness (QED) is 0.271. The highest BCUT2D eigenvalue weighted by Crippen LogP contribution is 2.31. The molecule has 0 bridgehead atoms. The van der Waals surface area contributed by atoms with Crippen LogP contribution in [0.15, 0.2) is 72.3 Å². The van der Waals surface area contributed by atoms with Gasteiger partial charge >= 0.3 is 0 Å². The van der Waals surface area contributed by atoms with Crippen LogP contribution in [0, 0.1) is 0 Å². The molecular formula is C25H18Cl2N2O4S. The number of halogens is 2. The number of carbonyl (C=O) groups is 2. The third-order valence-electron chi connectivity index (χ3n) is 4.99. The molecule has 6 nitrogen and oxygen atoms in total. The summed E-state index contributed by atoms with van der Waals surface area (Å²) >= 11 is 17.1. The van der Waals surface area contributed by atoms with Gasteiger partial charge in [0.25, 0.3) is 11.8 Å². The number of thiocarbonyl (C=S) groups is 1. The molecule has 1 fully saturated rings. The predicted molar refractivity (Wildman–Crippen MR) is 136 cm³/mol. The second kappa shape index (κ2) is 10.3. The van der Waals surface area contributed by atoms with Crippen LogP contribution in [0.3, 0.4) is 0 Å². The molecule has 3 aromatic carbocycles. The largest absolute Gasteiger partial charge is 0.493 e. The Hall–Kier alpha value is -3.39. The first kappa shape index (κ1) is 23.8. The van der Waals surface area contributed by atoms with Crippen LogP contribution in [0.4, 0.5) is 5.69 Å². The molecule has 0 aromatic heterocycles. The Morgan fingerprint density at radius 2 is 1.59 bits per heavy atom. The molecule has 0 atom stereocenters. The molecule has 9 heteroatoms. The summed E-state index contributed by atoms with van der Waals surface area (Å²) < 4.78 is 11.3. The van der Waals surface area contributed by atoms with E-state index in [2.05, 4.69) is 5.32 Å². The molecule has 1 aliphatic heterocycles. The maximum atomic E-state index is 13.2. The van der Waals surface area contributed by atoms with Crippen molar-refractivity contribution in [2.24, 2.45) is 0 Å². The Morgan fingerprint density at radius 1 is 0.941 bits per heavy atom. The lowest BCUT2D eigenvalue weighted by atomic mass is 10.1. The monoisotopic (exact) mass is 512 g/mol. The topological polar surface area (TPSA) is 67.9 Å². The lowest BCUT2D eigenvalue weighted by molar-refractivity contribution is -0.122. The van der Waals surface area contributed by atoms with Crippen LogP contribution >= 0.6 is 35.4 Å². The second-order valence-electron chi connectivity index (χ2n) is 7.26. The third kappa shape index (κ3) is 5.22. The van der Waals surface area contributed by atoms with Gasteiger partial charge in [-0.15, -0.1) is 0 Å². The number of nitrogens with one attached hydrogen (secondary N) is 1. The van der Waals surface area contributed by atoms with Gasteiger partial charge in [-0.05, 0) is 78.0 Å². The zero-order valence-corrected chi connectivity index (χ0v) is 20.2. The van der Waals surface area contributed by atoms with Crippen LogP contribution < -0.4 is 19.7 Å². The average molecular weight is 513 g/mol. The standard InChI is InChI=1S/C25H18Cl2N2O4S/c1-32-21-11-4-16(13-22(21)33-14-15-2-5-17(26)6-3-15)12-20-23(30)28-25(34)29(24(20)31)19-9-7-18(27)8-10-19/h2-13H,14H2,1H3,(H,28,30,34)/b20-12-. The molecule has 1 heterocycles. The van der Waals surface area contributed by atoms with E-state index in [4.69, 9.17) is 44.9 Å². The van der Waals surface area contributed by atoms with Crippen molar-refractivity contribution in [2.75, 3.05) is 12.0 Å². The van der Waals surface area contributed by atoms with Crippen molar-refractivity contribution in [1.29, 1.82) is 0 Å². The van der Waals surface area contributed by atoms with E-state index in [1.165, 1.54) is 18.1 Å². The van der Waals surface area contributed by atoms with E-state index in [0.717, 1.165) is 5.56 Å². The Labute approximate surface area is 211 Å². The summed E-state index contributed by atoms with van der Waals surface area (Å²) in [7, 11) is 1.53. The van der Waals surface area contributed by atoms with Crippen molar-refractivity contribution >= 4 is 64.1 Å². The molecule has 172 valence electrons. The van der Waals surface area contributed by atoms with Gasteiger partial charge in [0.05, 0.1) is 12.8 Å². The predicted octanol–water partition coefficient (Wildman–Crippen LogP) is 5.41. The van der Waals surface area contributed by atoms with Crippen LogP contribution in [0.25, 0.3) is 6.08 Å². The summed E-state index contributed by atoms with van der Waals surface area (Å²) in [5, 5.41) is 3.71. The zero-order chi connectivity index (χ0) is 24.2. The summed E-state index contributed by atoms with van der Waals surface area (Å²) in [6.45, 7) is 0.283. The van der Waals surface area contributed by atoms with Gasteiger partial charge < -0.3 is 9.47 Å². The number of methoxy groups -OCH3 is 1. The molecule has 0 spiro atoms. The molecule has 2 amide bonds.